The molecular weight excluding hydrogens is 247 g/mol. The molecule has 0 bridgehead atoms. The molecule has 19 heavy (non-hydrogen) atoms. The number of hydrogen-bond acceptors (Lipinski definition) is 5. The summed E-state index contributed by atoms with van der Waals surface area (Å²) in [5.41, 5.74) is -0.0841. The third-order valence-corrected chi connectivity index (χ3v) is 3.70. The lowest BCUT2D eigenvalue weighted by Gasteiger charge is -2.32. The van der Waals surface area contributed by atoms with Gasteiger partial charge in [-0.3, -0.25) is 15.1 Å². The lowest BCUT2D eigenvalue weighted by atomic mass is 9.81. The van der Waals surface area contributed by atoms with Gasteiger partial charge >= 0.3 is 7.12 Å². The van der Waals surface area contributed by atoms with Gasteiger partial charge in [-0.1, -0.05) is 0 Å². The molecule has 0 aliphatic carbocycles. The molecule has 2 rings (SSSR count). The molecule has 0 saturated carbocycles. The molecule has 0 unspecified atom stereocenters. The van der Waals surface area contributed by atoms with E-state index in [1.54, 1.807) is 6.20 Å². The Kier molecular flexibility index (Phi) is 3.36. The van der Waals surface area contributed by atoms with Gasteiger partial charge in [0.1, 0.15) is 6.20 Å². The van der Waals surface area contributed by atoms with E-state index in [2.05, 4.69) is 4.98 Å². The van der Waals surface area contributed by atoms with E-state index in [0.29, 0.717) is 6.32 Å². The van der Waals surface area contributed by atoms with E-state index in [9.17, 15) is 10.1 Å². The maximum atomic E-state index is 10.7. The molecule has 1 aliphatic heterocycles. The predicted molar refractivity (Wildman–Crippen MR) is 70.7 cm³/mol. The monoisotopic (exact) mass is 264 g/mol. The minimum atomic E-state index is -0.458. The molecule has 0 aromatic carbocycles. The summed E-state index contributed by atoms with van der Waals surface area (Å²) in [6.45, 7) is 7.88. The molecule has 0 atom stereocenters. The zero-order valence-electron chi connectivity index (χ0n) is 11.5. The zero-order valence-corrected chi connectivity index (χ0v) is 11.5. The zero-order chi connectivity index (χ0) is 14.3. The van der Waals surface area contributed by atoms with Crippen molar-refractivity contribution in [1.82, 2.24) is 4.98 Å². The summed E-state index contributed by atoms with van der Waals surface area (Å²) in [5.74, 6) is 0. The van der Waals surface area contributed by atoms with E-state index in [-0.39, 0.29) is 5.69 Å². The van der Waals surface area contributed by atoms with Gasteiger partial charge in [-0.05, 0) is 33.3 Å². The number of pyridine rings is 1. The van der Waals surface area contributed by atoms with Crippen molar-refractivity contribution in [2.75, 3.05) is 0 Å². The summed E-state index contributed by atoms with van der Waals surface area (Å²) in [6.07, 6.45) is 3.27. The maximum absolute atomic E-state index is 10.7. The van der Waals surface area contributed by atoms with Crippen LogP contribution >= 0.6 is 0 Å². The topological polar surface area (TPSA) is 74.5 Å². The second-order valence-corrected chi connectivity index (χ2v) is 5.70. The Bertz CT molecular complexity index is 488. The van der Waals surface area contributed by atoms with Gasteiger partial charge in [0.25, 0.3) is 5.69 Å². The van der Waals surface area contributed by atoms with E-state index in [1.807, 2.05) is 27.7 Å². The maximum Gasteiger partial charge on any atom is 0.462 e. The van der Waals surface area contributed by atoms with Crippen molar-refractivity contribution in [3.8, 4) is 0 Å². The lowest BCUT2D eigenvalue weighted by Crippen LogP contribution is -2.41. The second kappa shape index (κ2) is 4.57. The first kappa shape index (κ1) is 14.0. The summed E-state index contributed by atoms with van der Waals surface area (Å²) < 4.78 is 11.7. The molecule has 0 spiro atoms. The number of hydrogen-bond donors (Lipinski definition) is 0. The SMILES string of the molecule is CC1(C)OB(Cc2cncc([N+](=O)[O-])c2)OC1(C)C. The molecule has 7 heteroatoms. The van der Waals surface area contributed by atoms with Crippen LogP contribution in [0.5, 0.6) is 0 Å². The van der Waals surface area contributed by atoms with Crippen LogP contribution in [0.4, 0.5) is 5.69 Å². The van der Waals surface area contributed by atoms with Crippen LogP contribution in [0.1, 0.15) is 33.3 Å². The number of nitrogens with zero attached hydrogens (tertiary/aromatic N) is 2. The van der Waals surface area contributed by atoms with Gasteiger partial charge in [-0.2, -0.15) is 0 Å². The van der Waals surface area contributed by atoms with Crippen molar-refractivity contribution < 1.29 is 14.2 Å². The lowest BCUT2D eigenvalue weighted by molar-refractivity contribution is -0.385. The van der Waals surface area contributed by atoms with Crippen molar-refractivity contribution in [2.24, 2.45) is 0 Å². The number of aromatic nitrogens is 1. The third kappa shape index (κ3) is 2.77. The summed E-state index contributed by atoms with van der Waals surface area (Å²) >= 11 is 0. The normalized spacial score (nSPS) is 20.5. The molecule has 0 N–H and O–H groups in total. The van der Waals surface area contributed by atoms with Crippen LogP contribution in [-0.4, -0.2) is 28.2 Å². The minimum Gasteiger partial charge on any atom is -0.403 e. The number of nitro groups is 1. The smallest absolute Gasteiger partial charge is 0.403 e. The van der Waals surface area contributed by atoms with Gasteiger partial charge in [0, 0.05) is 18.6 Å². The highest BCUT2D eigenvalue weighted by Gasteiger charge is 2.50. The Morgan fingerprint density at radius 3 is 2.37 bits per heavy atom. The van der Waals surface area contributed by atoms with E-state index < -0.39 is 23.2 Å². The highest BCUT2D eigenvalue weighted by atomic mass is 16.7. The van der Waals surface area contributed by atoms with Crippen LogP contribution in [0.15, 0.2) is 18.5 Å². The Labute approximate surface area is 112 Å². The van der Waals surface area contributed by atoms with E-state index in [0.717, 1.165) is 5.56 Å². The van der Waals surface area contributed by atoms with Crippen LogP contribution in [0.25, 0.3) is 0 Å². The van der Waals surface area contributed by atoms with Crippen LogP contribution < -0.4 is 0 Å². The van der Waals surface area contributed by atoms with Crippen molar-refractivity contribution in [3.63, 3.8) is 0 Å². The van der Waals surface area contributed by atoms with Gasteiger partial charge < -0.3 is 9.31 Å². The van der Waals surface area contributed by atoms with Crippen molar-refractivity contribution in [1.29, 1.82) is 0 Å². The summed E-state index contributed by atoms with van der Waals surface area (Å²) in [6, 6.07) is 1.50. The van der Waals surface area contributed by atoms with Gasteiger partial charge in [-0.25, -0.2) is 0 Å². The molecule has 1 aromatic heterocycles. The molecule has 1 fully saturated rings. The molecule has 0 radical (unpaired) electrons. The van der Waals surface area contributed by atoms with Gasteiger partial charge in [-0.15, -0.1) is 0 Å². The predicted octanol–water partition coefficient (Wildman–Crippen LogP) is 2.16. The van der Waals surface area contributed by atoms with Crippen LogP contribution in [0, 0.1) is 10.1 Å². The van der Waals surface area contributed by atoms with Crippen LogP contribution in [0.2, 0.25) is 0 Å². The first-order valence-corrected chi connectivity index (χ1v) is 6.15. The van der Waals surface area contributed by atoms with Gasteiger partial charge in [0.05, 0.1) is 16.1 Å². The van der Waals surface area contributed by atoms with E-state index in [1.165, 1.54) is 12.3 Å². The molecule has 2 heterocycles. The van der Waals surface area contributed by atoms with E-state index in [4.69, 9.17) is 9.31 Å². The van der Waals surface area contributed by atoms with Gasteiger partial charge in [0.15, 0.2) is 0 Å². The molecule has 0 amide bonds. The Hall–Kier alpha value is -1.47. The van der Waals surface area contributed by atoms with Crippen molar-refractivity contribution >= 4 is 12.8 Å². The van der Waals surface area contributed by atoms with Crippen molar-refractivity contribution in [2.45, 2.75) is 45.2 Å². The Balaban J connectivity index is 2.11. The molecule has 1 saturated heterocycles. The molecule has 102 valence electrons. The Morgan fingerprint density at radius 2 is 1.84 bits per heavy atom. The standard InChI is InChI=1S/C12H17BN2O4/c1-11(2)12(3,4)19-13(18-11)6-9-5-10(15(16)17)8-14-7-9/h5,7-8H,6H2,1-4H3. The first-order chi connectivity index (χ1) is 8.71. The van der Waals surface area contributed by atoms with Crippen molar-refractivity contribution in [3.05, 3.63) is 34.1 Å². The fourth-order valence-corrected chi connectivity index (χ4v) is 1.93. The molecule has 1 aliphatic rings. The minimum absolute atomic E-state index is 0.0194. The van der Waals surface area contributed by atoms with Gasteiger partial charge in [0.2, 0.25) is 0 Å². The first-order valence-electron chi connectivity index (χ1n) is 6.15. The highest BCUT2D eigenvalue weighted by molar-refractivity contribution is 6.45. The second-order valence-electron chi connectivity index (χ2n) is 5.70. The summed E-state index contributed by atoms with van der Waals surface area (Å²) in [5, 5.41) is 10.7. The van der Waals surface area contributed by atoms with E-state index >= 15 is 0 Å². The fraction of sp³-hybridized carbons (Fsp3) is 0.583. The highest BCUT2D eigenvalue weighted by Crippen LogP contribution is 2.37. The fourth-order valence-electron chi connectivity index (χ4n) is 1.93. The molecule has 1 aromatic rings. The average Bonchev–Trinajstić information content (AvgIpc) is 2.47. The average molecular weight is 264 g/mol. The third-order valence-electron chi connectivity index (χ3n) is 3.70. The molecule has 6 nitrogen and oxygen atoms in total. The summed E-state index contributed by atoms with van der Waals surface area (Å²) in [7, 11) is -0.409. The van der Waals surface area contributed by atoms with Crippen LogP contribution in [0.3, 0.4) is 0 Å². The van der Waals surface area contributed by atoms with Crippen LogP contribution in [-0.2, 0) is 15.6 Å². The number of rotatable bonds is 3. The Morgan fingerprint density at radius 1 is 1.26 bits per heavy atom. The largest absolute Gasteiger partial charge is 0.462 e. The molecular formula is C12H17BN2O4. The quantitative estimate of drug-likeness (QED) is 0.475. The summed E-state index contributed by atoms with van der Waals surface area (Å²) in [4.78, 5) is 14.1.